The fourth-order valence-corrected chi connectivity index (χ4v) is 3.67. The van der Waals surface area contributed by atoms with Crippen molar-refractivity contribution in [3.63, 3.8) is 0 Å². The van der Waals surface area contributed by atoms with Gasteiger partial charge in [-0.3, -0.25) is 9.59 Å². The van der Waals surface area contributed by atoms with Crippen molar-refractivity contribution in [1.82, 2.24) is 9.78 Å². The van der Waals surface area contributed by atoms with Crippen LogP contribution in [0, 0.1) is 5.82 Å². The molecule has 2 aromatic carbocycles. The molecule has 1 aliphatic rings. The van der Waals surface area contributed by atoms with Crippen molar-refractivity contribution in [3.8, 4) is 11.1 Å². The maximum atomic E-state index is 13.3. The van der Waals surface area contributed by atoms with Crippen molar-refractivity contribution in [3.05, 3.63) is 64.5 Å². The van der Waals surface area contributed by atoms with Crippen molar-refractivity contribution < 1.29 is 14.0 Å². The zero-order chi connectivity index (χ0) is 20.5. The summed E-state index contributed by atoms with van der Waals surface area (Å²) in [5.41, 5.74) is 2.96. The first-order valence-corrected chi connectivity index (χ1v) is 9.99. The number of nitrogens with one attached hydrogen (secondary N) is 2. The minimum atomic E-state index is -0.736. The summed E-state index contributed by atoms with van der Waals surface area (Å²) in [6.07, 6.45) is 0.600. The van der Waals surface area contributed by atoms with E-state index < -0.39 is 6.04 Å². The molecule has 1 aliphatic heterocycles. The molecule has 29 heavy (non-hydrogen) atoms. The van der Waals surface area contributed by atoms with Gasteiger partial charge in [-0.25, -0.2) is 9.07 Å². The van der Waals surface area contributed by atoms with Gasteiger partial charge in [-0.1, -0.05) is 35.0 Å². The molecular formula is C21H18BrFN4O2. The van der Waals surface area contributed by atoms with E-state index in [-0.39, 0.29) is 24.1 Å². The Hall–Kier alpha value is -3.00. The Balaban J connectivity index is 1.60. The summed E-state index contributed by atoms with van der Waals surface area (Å²) in [6.45, 7) is 1.96. The molecule has 1 aromatic heterocycles. The molecule has 1 atom stereocenters. The summed E-state index contributed by atoms with van der Waals surface area (Å²) in [5.74, 6) is -0.358. The topological polar surface area (TPSA) is 76.0 Å². The van der Waals surface area contributed by atoms with Gasteiger partial charge in [0.2, 0.25) is 5.91 Å². The molecule has 2 N–H and O–H groups in total. The van der Waals surface area contributed by atoms with Crippen LogP contribution in [0.4, 0.5) is 15.9 Å². The lowest BCUT2D eigenvalue weighted by Crippen LogP contribution is -2.23. The highest BCUT2D eigenvalue weighted by Crippen LogP contribution is 2.38. The lowest BCUT2D eigenvalue weighted by atomic mass is 10.0. The second kappa shape index (κ2) is 7.79. The zero-order valence-electron chi connectivity index (χ0n) is 15.6. The summed E-state index contributed by atoms with van der Waals surface area (Å²) in [6, 6.07) is 12.5. The molecule has 3 aromatic rings. The standard InChI is InChI=1S/C21H18BrFN4O2/c1-2-16-19(12-3-7-14(23)8-4-12)20-25-21(29)17(27(20)26-16)11-18(28)24-15-9-5-13(22)6-10-15/h3-10,17H,2,11H2,1H3,(H,24,28)(H,25,29). The first-order valence-electron chi connectivity index (χ1n) is 9.20. The number of anilines is 2. The summed E-state index contributed by atoms with van der Waals surface area (Å²) < 4.78 is 15.8. The van der Waals surface area contributed by atoms with E-state index in [4.69, 9.17) is 0 Å². The summed E-state index contributed by atoms with van der Waals surface area (Å²) in [5, 5.41) is 10.2. The maximum Gasteiger partial charge on any atom is 0.251 e. The van der Waals surface area contributed by atoms with Gasteiger partial charge < -0.3 is 10.6 Å². The molecule has 2 amide bonds. The van der Waals surface area contributed by atoms with Crippen molar-refractivity contribution in [2.45, 2.75) is 25.8 Å². The predicted octanol–water partition coefficient (Wildman–Crippen LogP) is 4.54. The number of nitrogens with zero attached hydrogens (tertiary/aromatic N) is 2. The molecule has 0 saturated heterocycles. The van der Waals surface area contributed by atoms with Crippen LogP contribution in [0.3, 0.4) is 0 Å². The van der Waals surface area contributed by atoms with Crippen molar-refractivity contribution in [1.29, 1.82) is 0 Å². The highest BCUT2D eigenvalue weighted by molar-refractivity contribution is 9.10. The number of rotatable bonds is 5. The third-order valence-corrected chi connectivity index (χ3v) is 5.33. The predicted molar refractivity (Wildman–Crippen MR) is 112 cm³/mol. The van der Waals surface area contributed by atoms with E-state index in [0.717, 1.165) is 21.3 Å². The van der Waals surface area contributed by atoms with Crippen LogP contribution in [0.5, 0.6) is 0 Å². The number of aryl methyl sites for hydroxylation is 1. The number of fused-ring (bicyclic) bond motifs is 1. The van der Waals surface area contributed by atoms with E-state index in [9.17, 15) is 14.0 Å². The van der Waals surface area contributed by atoms with Gasteiger partial charge in [0.05, 0.1) is 12.1 Å². The Bertz CT molecular complexity index is 1080. The average molecular weight is 457 g/mol. The highest BCUT2D eigenvalue weighted by atomic mass is 79.9. The van der Waals surface area contributed by atoms with Gasteiger partial charge >= 0.3 is 0 Å². The normalized spacial score (nSPS) is 15.1. The number of carbonyl (C=O) groups is 2. The molecule has 6 nitrogen and oxygen atoms in total. The van der Waals surface area contributed by atoms with Crippen LogP contribution in [0.2, 0.25) is 0 Å². The monoisotopic (exact) mass is 456 g/mol. The van der Waals surface area contributed by atoms with Gasteiger partial charge in [-0.15, -0.1) is 0 Å². The molecule has 0 saturated carbocycles. The van der Waals surface area contributed by atoms with Crippen LogP contribution in [-0.2, 0) is 16.0 Å². The van der Waals surface area contributed by atoms with Crippen molar-refractivity contribution >= 4 is 39.2 Å². The van der Waals surface area contributed by atoms with E-state index in [0.29, 0.717) is 17.9 Å². The molecule has 0 fully saturated rings. The van der Waals surface area contributed by atoms with Crippen LogP contribution in [0.15, 0.2) is 53.0 Å². The van der Waals surface area contributed by atoms with Gasteiger partial charge in [0.25, 0.3) is 5.91 Å². The van der Waals surface area contributed by atoms with Crippen molar-refractivity contribution in [2.75, 3.05) is 10.6 Å². The molecule has 0 aliphatic carbocycles. The zero-order valence-corrected chi connectivity index (χ0v) is 17.2. The molecule has 0 bridgehead atoms. The van der Waals surface area contributed by atoms with Gasteiger partial charge in [-0.2, -0.15) is 5.10 Å². The Kier molecular flexibility index (Phi) is 5.19. The van der Waals surface area contributed by atoms with Gasteiger partial charge in [0, 0.05) is 15.7 Å². The van der Waals surface area contributed by atoms with Crippen LogP contribution in [0.1, 0.15) is 25.1 Å². The third kappa shape index (κ3) is 3.80. The molecule has 0 radical (unpaired) electrons. The minimum Gasteiger partial charge on any atom is -0.326 e. The number of amides is 2. The van der Waals surface area contributed by atoms with Gasteiger partial charge in [-0.05, 0) is 48.4 Å². The van der Waals surface area contributed by atoms with Crippen LogP contribution in [-0.4, -0.2) is 21.6 Å². The largest absolute Gasteiger partial charge is 0.326 e. The second-order valence-electron chi connectivity index (χ2n) is 6.74. The highest BCUT2D eigenvalue weighted by Gasteiger charge is 2.36. The summed E-state index contributed by atoms with van der Waals surface area (Å²) >= 11 is 3.35. The fraction of sp³-hybridized carbons (Fsp3) is 0.190. The lowest BCUT2D eigenvalue weighted by molar-refractivity contribution is -0.123. The van der Waals surface area contributed by atoms with E-state index >= 15 is 0 Å². The van der Waals surface area contributed by atoms with E-state index in [1.165, 1.54) is 12.1 Å². The molecule has 8 heteroatoms. The lowest BCUT2D eigenvalue weighted by Gasteiger charge is -2.10. The van der Waals surface area contributed by atoms with E-state index in [1.54, 1.807) is 28.9 Å². The van der Waals surface area contributed by atoms with Gasteiger partial charge in [0.15, 0.2) is 0 Å². The number of benzene rings is 2. The molecule has 148 valence electrons. The minimum absolute atomic E-state index is 0.0391. The van der Waals surface area contributed by atoms with E-state index in [2.05, 4.69) is 31.7 Å². The first-order chi connectivity index (χ1) is 14.0. The Morgan fingerprint density at radius 2 is 1.90 bits per heavy atom. The Labute approximate surface area is 175 Å². The van der Waals surface area contributed by atoms with Crippen molar-refractivity contribution in [2.24, 2.45) is 0 Å². The fourth-order valence-electron chi connectivity index (χ4n) is 3.41. The number of hydrogen-bond acceptors (Lipinski definition) is 3. The van der Waals surface area contributed by atoms with Gasteiger partial charge in [0.1, 0.15) is 17.7 Å². The Morgan fingerprint density at radius 3 is 2.55 bits per heavy atom. The summed E-state index contributed by atoms with van der Waals surface area (Å²) in [4.78, 5) is 25.0. The molecular weight excluding hydrogens is 439 g/mol. The van der Waals surface area contributed by atoms with Crippen LogP contribution in [0.25, 0.3) is 11.1 Å². The maximum absolute atomic E-state index is 13.3. The summed E-state index contributed by atoms with van der Waals surface area (Å²) in [7, 11) is 0. The smallest absolute Gasteiger partial charge is 0.251 e. The Morgan fingerprint density at radius 1 is 1.21 bits per heavy atom. The van der Waals surface area contributed by atoms with Crippen LogP contribution < -0.4 is 10.6 Å². The molecule has 1 unspecified atom stereocenters. The number of halogens is 2. The number of aromatic nitrogens is 2. The SMILES string of the molecule is CCc1nn2c(c1-c1ccc(F)cc1)NC(=O)C2CC(=O)Nc1ccc(Br)cc1. The third-order valence-electron chi connectivity index (χ3n) is 4.80. The van der Waals surface area contributed by atoms with E-state index in [1.807, 2.05) is 19.1 Å². The average Bonchev–Trinajstić information content (AvgIpc) is 3.20. The first kappa shape index (κ1) is 19.3. The molecule has 2 heterocycles. The van der Waals surface area contributed by atoms with Crippen LogP contribution >= 0.6 is 15.9 Å². The second-order valence-corrected chi connectivity index (χ2v) is 7.66. The molecule has 0 spiro atoms. The molecule has 4 rings (SSSR count). The number of hydrogen-bond donors (Lipinski definition) is 2. The quantitative estimate of drug-likeness (QED) is 0.591. The number of carbonyl (C=O) groups excluding carboxylic acids is 2.